The van der Waals surface area contributed by atoms with Gasteiger partial charge in [-0.1, -0.05) is 35.9 Å². The van der Waals surface area contributed by atoms with Crippen LogP contribution in [0.15, 0.2) is 54.7 Å². The van der Waals surface area contributed by atoms with E-state index in [4.69, 9.17) is 16.3 Å². The summed E-state index contributed by atoms with van der Waals surface area (Å²) in [4.78, 5) is 6.38. The van der Waals surface area contributed by atoms with Gasteiger partial charge in [-0.25, -0.2) is 4.98 Å². The Labute approximate surface area is 141 Å². The Kier molecular flexibility index (Phi) is 4.79. The minimum Gasteiger partial charge on any atom is -0.497 e. The van der Waals surface area contributed by atoms with E-state index in [9.17, 15) is 0 Å². The summed E-state index contributed by atoms with van der Waals surface area (Å²) < 4.78 is 5.27. The summed E-state index contributed by atoms with van der Waals surface area (Å²) in [7, 11) is 3.79. The van der Waals surface area contributed by atoms with Crippen LogP contribution in [0.5, 0.6) is 5.75 Å². The maximum atomic E-state index is 5.82. The first-order valence-corrected chi connectivity index (χ1v) is 7.87. The summed E-state index contributed by atoms with van der Waals surface area (Å²) >= 11 is 5.82. The predicted molar refractivity (Wildman–Crippen MR) is 94.9 cm³/mol. The third-order valence-electron chi connectivity index (χ3n) is 3.81. The number of benzene rings is 2. The lowest BCUT2D eigenvalue weighted by atomic mass is 10.1. The van der Waals surface area contributed by atoms with Crippen LogP contribution in [0.3, 0.4) is 0 Å². The molecule has 0 atom stereocenters. The van der Waals surface area contributed by atoms with E-state index in [1.54, 1.807) is 7.11 Å². The minimum atomic E-state index is 0.529. The van der Waals surface area contributed by atoms with E-state index in [2.05, 4.69) is 47.3 Å². The van der Waals surface area contributed by atoms with Gasteiger partial charge < -0.3 is 4.74 Å². The topological polar surface area (TPSA) is 25.4 Å². The molecule has 3 rings (SSSR count). The first kappa shape index (κ1) is 15.8. The molecule has 0 fully saturated rings. The molecule has 1 heterocycles. The Morgan fingerprint density at radius 3 is 2.39 bits per heavy atom. The fourth-order valence-electron chi connectivity index (χ4n) is 2.68. The predicted octanol–water partition coefficient (Wildman–Crippen LogP) is 4.53. The quantitative estimate of drug-likeness (QED) is 0.644. The van der Waals surface area contributed by atoms with Crippen molar-refractivity contribution in [1.82, 2.24) is 9.88 Å². The molecule has 0 spiro atoms. The van der Waals surface area contributed by atoms with E-state index in [0.29, 0.717) is 5.15 Å². The highest BCUT2D eigenvalue weighted by Crippen LogP contribution is 2.22. The van der Waals surface area contributed by atoms with E-state index >= 15 is 0 Å². The average molecular weight is 327 g/mol. The molecule has 1 aromatic heterocycles. The van der Waals surface area contributed by atoms with Crippen LogP contribution in [-0.2, 0) is 13.1 Å². The number of pyridine rings is 1. The van der Waals surface area contributed by atoms with Crippen molar-refractivity contribution in [3.05, 3.63) is 71.0 Å². The number of ether oxygens (including phenoxy) is 1. The van der Waals surface area contributed by atoms with Crippen LogP contribution in [0.4, 0.5) is 0 Å². The fraction of sp³-hybridized carbons (Fsp3) is 0.211. The van der Waals surface area contributed by atoms with E-state index in [1.807, 2.05) is 24.4 Å². The van der Waals surface area contributed by atoms with Crippen molar-refractivity contribution < 1.29 is 4.74 Å². The molecule has 0 amide bonds. The van der Waals surface area contributed by atoms with Crippen molar-refractivity contribution in [2.75, 3.05) is 14.2 Å². The molecule has 0 aliphatic heterocycles. The summed E-state index contributed by atoms with van der Waals surface area (Å²) in [6.07, 6.45) is 1.82. The summed E-state index contributed by atoms with van der Waals surface area (Å²) in [5.41, 5.74) is 2.44. The van der Waals surface area contributed by atoms with Gasteiger partial charge >= 0.3 is 0 Å². The summed E-state index contributed by atoms with van der Waals surface area (Å²) in [5.74, 6) is 0.887. The number of methoxy groups -OCH3 is 1. The number of rotatable bonds is 5. The Morgan fingerprint density at radius 2 is 1.65 bits per heavy atom. The van der Waals surface area contributed by atoms with Crippen molar-refractivity contribution in [2.45, 2.75) is 13.1 Å². The second-order valence-electron chi connectivity index (χ2n) is 5.71. The highest BCUT2D eigenvalue weighted by Gasteiger charge is 2.04. The van der Waals surface area contributed by atoms with Gasteiger partial charge in [-0.05, 0) is 53.2 Å². The maximum absolute atomic E-state index is 5.82. The Hall–Kier alpha value is -2.10. The molecule has 0 saturated carbocycles. The molecule has 118 valence electrons. The van der Waals surface area contributed by atoms with Gasteiger partial charge in [0.1, 0.15) is 10.9 Å². The minimum absolute atomic E-state index is 0.529. The lowest BCUT2D eigenvalue weighted by Gasteiger charge is -2.17. The van der Waals surface area contributed by atoms with Gasteiger partial charge in [0.05, 0.1) is 7.11 Å². The number of hydrogen-bond acceptors (Lipinski definition) is 3. The van der Waals surface area contributed by atoms with Crippen molar-refractivity contribution in [3.63, 3.8) is 0 Å². The van der Waals surface area contributed by atoms with E-state index < -0.39 is 0 Å². The Morgan fingerprint density at radius 1 is 0.957 bits per heavy atom. The van der Waals surface area contributed by atoms with Crippen molar-refractivity contribution in [3.8, 4) is 5.75 Å². The smallest absolute Gasteiger partial charge is 0.129 e. The zero-order valence-electron chi connectivity index (χ0n) is 13.3. The standard InChI is InChI=1S/C19H19ClN2O/c1-22(13-15-4-8-19(20)21-11-15)12-14-3-5-17-10-18(23-2)7-6-16(17)9-14/h3-11H,12-13H2,1-2H3. The summed E-state index contributed by atoms with van der Waals surface area (Å²) in [5, 5.41) is 2.95. The summed E-state index contributed by atoms with van der Waals surface area (Å²) in [6.45, 7) is 1.72. The van der Waals surface area contributed by atoms with E-state index in [0.717, 1.165) is 24.4 Å². The first-order valence-electron chi connectivity index (χ1n) is 7.50. The third kappa shape index (κ3) is 4.01. The normalized spacial score (nSPS) is 11.1. The van der Waals surface area contributed by atoms with Crippen LogP contribution in [0.2, 0.25) is 5.15 Å². The number of fused-ring (bicyclic) bond motifs is 1. The highest BCUT2D eigenvalue weighted by molar-refractivity contribution is 6.29. The highest BCUT2D eigenvalue weighted by atomic mass is 35.5. The molecular weight excluding hydrogens is 308 g/mol. The first-order chi connectivity index (χ1) is 11.1. The molecule has 0 aliphatic rings. The molecular formula is C19H19ClN2O. The zero-order valence-corrected chi connectivity index (χ0v) is 14.0. The SMILES string of the molecule is COc1ccc2cc(CN(C)Cc3ccc(Cl)nc3)ccc2c1. The van der Waals surface area contributed by atoms with Crippen LogP contribution in [0, 0.1) is 0 Å². The third-order valence-corrected chi connectivity index (χ3v) is 4.03. The van der Waals surface area contributed by atoms with Crippen LogP contribution in [0.25, 0.3) is 10.8 Å². The van der Waals surface area contributed by atoms with E-state index in [1.165, 1.54) is 16.3 Å². The second-order valence-corrected chi connectivity index (χ2v) is 6.10. The number of nitrogens with zero attached hydrogens (tertiary/aromatic N) is 2. The molecule has 0 unspecified atom stereocenters. The second kappa shape index (κ2) is 6.99. The number of hydrogen-bond donors (Lipinski definition) is 0. The van der Waals surface area contributed by atoms with Crippen molar-refractivity contribution >= 4 is 22.4 Å². The van der Waals surface area contributed by atoms with Gasteiger partial charge in [0.25, 0.3) is 0 Å². The van der Waals surface area contributed by atoms with Gasteiger partial charge in [0.2, 0.25) is 0 Å². The fourth-order valence-corrected chi connectivity index (χ4v) is 2.79. The molecule has 3 aromatic rings. The van der Waals surface area contributed by atoms with Gasteiger partial charge in [-0.3, -0.25) is 4.90 Å². The molecule has 0 bridgehead atoms. The lowest BCUT2D eigenvalue weighted by Crippen LogP contribution is -2.17. The molecule has 4 heteroatoms. The molecule has 0 N–H and O–H groups in total. The van der Waals surface area contributed by atoms with Gasteiger partial charge in [0, 0.05) is 19.3 Å². The van der Waals surface area contributed by atoms with Gasteiger partial charge in [-0.15, -0.1) is 0 Å². The molecule has 0 saturated heterocycles. The molecule has 0 aliphatic carbocycles. The Balaban J connectivity index is 1.71. The average Bonchev–Trinajstić information content (AvgIpc) is 2.56. The van der Waals surface area contributed by atoms with Crippen LogP contribution < -0.4 is 4.74 Å². The number of halogens is 1. The molecule has 0 radical (unpaired) electrons. The van der Waals surface area contributed by atoms with Crippen LogP contribution >= 0.6 is 11.6 Å². The van der Waals surface area contributed by atoms with E-state index in [-0.39, 0.29) is 0 Å². The van der Waals surface area contributed by atoms with Gasteiger partial charge in [-0.2, -0.15) is 0 Å². The van der Waals surface area contributed by atoms with Crippen molar-refractivity contribution in [2.24, 2.45) is 0 Å². The molecule has 2 aromatic carbocycles. The number of aromatic nitrogens is 1. The maximum Gasteiger partial charge on any atom is 0.129 e. The van der Waals surface area contributed by atoms with Crippen LogP contribution in [-0.4, -0.2) is 24.0 Å². The zero-order chi connectivity index (χ0) is 16.2. The van der Waals surface area contributed by atoms with Crippen LogP contribution in [0.1, 0.15) is 11.1 Å². The molecule has 3 nitrogen and oxygen atoms in total. The summed E-state index contributed by atoms with van der Waals surface area (Å²) in [6, 6.07) is 16.5. The molecule has 23 heavy (non-hydrogen) atoms. The monoisotopic (exact) mass is 326 g/mol. The lowest BCUT2D eigenvalue weighted by molar-refractivity contribution is 0.319. The Bertz CT molecular complexity index is 802. The van der Waals surface area contributed by atoms with Crippen molar-refractivity contribution in [1.29, 1.82) is 0 Å². The van der Waals surface area contributed by atoms with Gasteiger partial charge in [0.15, 0.2) is 0 Å². The largest absolute Gasteiger partial charge is 0.497 e.